The van der Waals surface area contributed by atoms with Crippen LogP contribution in [0.25, 0.3) is 5.65 Å². The molecule has 2 saturated heterocycles. The van der Waals surface area contributed by atoms with Crippen LogP contribution in [0, 0.1) is 11.6 Å². The predicted molar refractivity (Wildman–Crippen MR) is 110 cm³/mol. The molecule has 9 nitrogen and oxygen atoms in total. The lowest BCUT2D eigenvalue weighted by Crippen LogP contribution is -2.45. The highest BCUT2D eigenvalue weighted by Gasteiger charge is 2.40. The molecule has 32 heavy (non-hydrogen) atoms. The van der Waals surface area contributed by atoms with Gasteiger partial charge in [-0.2, -0.15) is 4.52 Å². The third kappa shape index (κ3) is 4.13. The van der Waals surface area contributed by atoms with Gasteiger partial charge in [0.15, 0.2) is 17.3 Å². The quantitative estimate of drug-likeness (QED) is 0.646. The molecule has 1 aromatic carbocycles. The first-order chi connectivity index (χ1) is 15.5. The molecule has 2 fully saturated rings. The van der Waals surface area contributed by atoms with Crippen LogP contribution in [0.5, 0.6) is 0 Å². The van der Waals surface area contributed by atoms with Gasteiger partial charge in [-0.15, -0.1) is 15.3 Å². The fourth-order valence-corrected chi connectivity index (χ4v) is 4.04. The molecule has 0 unspecified atom stereocenters. The highest BCUT2D eigenvalue weighted by atomic mass is 19.1. The molecule has 1 N–H and O–H groups in total. The van der Waals surface area contributed by atoms with E-state index < -0.39 is 23.3 Å². The van der Waals surface area contributed by atoms with Crippen LogP contribution >= 0.6 is 0 Å². The molecule has 5 rings (SSSR count). The van der Waals surface area contributed by atoms with Crippen molar-refractivity contribution in [3.05, 3.63) is 47.8 Å². The Hall–Kier alpha value is -3.18. The van der Waals surface area contributed by atoms with Crippen molar-refractivity contribution in [1.82, 2.24) is 19.8 Å². The summed E-state index contributed by atoms with van der Waals surface area (Å²) in [6.45, 7) is 2.76. The molecule has 1 amide bonds. The van der Waals surface area contributed by atoms with Gasteiger partial charge in [0.25, 0.3) is 0 Å². The molecule has 3 aromatic rings. The molecule has 0 bridgehead atoms. The van der Waals surface area contributed by atoms with E-state index in [1.54, 1.807) is 4.52 Å². The summed E-state index contributed by atoms with van der Waals surface area (Å²) in [5.74, 6) is -0.963. The summed E-state index contributed by atoms with van der Waals surface area (Å²) in [4.78, 5) is 14.4. The minimum Gasteiger partial charge on any atom is -0.355 e. The van der Waals surface area contributed by atoms with Gasteiger partial charge in [0.05, 0.1) is 18.9 Å². The zero-order valence-corrected chi connectivity index (χ0v) is 17.3. The fraction of sp³-hybridized carbons (Fsp3) is 0.429. The first-order valence-corrected chi connectivity index (χ1v) is 10.5. The van der Waals surface area contributed by atoms with Crippen LogP contribution in [0.3, 0.4) is 0 Å². The minimum absolute atomic E-state index is 0.0174. The van der Waals surface area contributed by atoms with Crippen molar-refractivity contribution in [2.24, 2.45) is 0 Å². The van der Waals surface area contributed by atoms with Crippen LogP contribution in [0.15, 0.2) is 30.3 Å². The smallest absolute Gasteiger partial charge is 0.224 e. The number of rotatable bonds is 5. The van der Waals surface area contributed by atoms with Crippen molar-refractivity contribution in [2.75, 3.05) is 36.5 Å². The lowest BCUT2D eigenvalue weighted by Gasteiger charge is -2.38. The average molecular weight is 444 g/mol. The Morgan fingerprint density at radius 3 is 2.66 bits per heavy atom. The number of fused-ring (bicyclic) bond motifs is 1. The highest BCUT2D eigenvalue weighted by Crippen LogP contribution is 2.32. The van der Waals surface area contributed by atoms with Gasteiger partial charge in [0, 0.05) is 44.8 Å². The van der Waals surface area contributed by atoms with Crippen LogP contribution in [0.1, 0.15) is 25.1 Å². The number of aromatic nitrogens is 4. The maximum absolute atomic E-state index is 13.7. The molecular weight excluding hydrogens is 422 g/mol. The standard InChI is InChI=1S/C21H22F2N6O3/c22-14-1-2-15(23)16(13-14)24-20(30)6-5-18-26-25-17-3-4-19(27-29(17)18)28-9-7-21(8-10-28)31-11-12-32-21/h1-4,13H,5-12H2,(H,24,30). The van der Waals surface area contributed by atoms with E-state index in [0.717, 1.165) is 49.9 Å². The van der Waals surface area contributed by atoms with Gasteiger partial charge in [-0.25, -0.2) is 8.78 Å². The fourth-order valence-electron chi connectivity index (χ4n) is 4.04. The zero-order chi connectivity index (χ0) is 22.1. The number of hydrogen-bond donors (Lipinski definition) is 1. The van der Waals surface area contributed by atoms with E-state index in [9.17, 15) is 13.6 Å². The molecule has 2 aromatic heterocycles. The number of ether oxygens (including phenoxy) is 2. The summed E-state index contributed by atoms with van der Waals surface area (Å²) in [5, 5.41) is 15.3. The van der Waals surface area contributed by atoms with Crippen molar-refractivity contribution in [2.45, 2.75) is 31.5 Å². The topological polar surface area (TPSA) is 93.9 Å². The number of hydrogen-bond acceptors (Lipinski definition) is 7. The molecule has 2 aliphatic heterocycles. The van der Waals surface area contributed by atoms with Crippen molar-refractivity contribution in [3.8, 4) is 0 Å². The van der Waals surface area contributed by atoms with Gasteiger partial charge in [0.2, 0.25) is 5.91 Å². The number of piperidine rings is 1. The number of nitrogens with one attached hydrogen (secondary N) is 1. The summed E-state index contributed by atoms with van der Waals surface area (Å²) in [6.07, 6.45) is 1.78. The van der Waals surface area contributed by atoms with Gasteiger partial charge < -0.3 is 19.7 Å². The molecule has 168 valence electrons. The van der Waals surface area contributed by atoms with Crippen molar-refractivity contribution < 1.29 is 23.0 Å². The lowest BCUT2D eigenvalue weighted by molar-refractivity contribution is -0.169. The summed E-state index contributed by atoms with van der Waals surface area (Å²) in [7, 11) is 0. The molecule has 11 heteroatoms. The van der Waals surface area contributed by atoms with Crippen molar-refractivity contribution >= 4 is 23.1 Å². The number of amides is 1. The number of nitrogens with zero attached hydrogens (tertiary/aromatic N) is 5. The van der Waals surface area contributed by atoms with E-state index in [4.69, 9.17) is 9.47 Å². The monoisotopic (exact) mass is 444 g/mol. The van der Waals surface area contributed by atoms with E-state index in [-0.39, 0.29) is 18.5 Å². The van der Waals surface area contributed by atoms with Crippen molar-refractivity contribution in [3.63, 3.8) is 0 Å². The van der Waals surface area contributed by atoms with Crippen LogP contribution < -0.4 is 10.2 Å². The molecule has 0 aliphatic carbocycles. The molecule has 0 saturated carbocycles. The second kappa shape index (κ2) is 8.40. The number of halogens is 2. The van der Waals surface area contributed by atoms with E-state index in [1.165, 1.54) is 0 Å². The Bertz CT molecular complexity index is 1140. The first-order valence-electron chi connectivity index (χ1n) is 10.5. The summed E-state index contributed by atoms with van der Waals surface area (Å²) >= 11 is 0. The SMILES string of the molecule is O=C(CCc1nnc2ccc(N3CCC4(CC3)OCCO4)nn12)Nc1cc(F)ccc1F. The summed E-state index contributed by atoms with van der Waals surface area (Å²) < 4.78 is 40.2. The van der Waals surface area contributed by atoms with E-state index in [2.05, 4.69) is 25.5 Å². The number of carbonyl (C=O) groups excluding carboxylic acids is 1. The molecule has 1 spiro atoms. The molecule has 0 radical (unpaired) electrons. The summed E-state index contributed by atoms with van der Waals surface area (Å²) in [5.41, 5.74) is 0.371. The maximum Gasteiger partial charge on any atom is 0.224 e. The average Bonchev–Trinajstić information content (AvgIpc) is 3.42. The Kier molecular flexibility index (Phi) is 5.43. The van der Waals surface area contributed by atoms with Crippen LogP contribution in [0.4, 0.5) is 20.3 Å². The molecular formula is C21H22F2N6O3. The van der Waals surface area contributed by atoms with Gasteiger partial charge in [-0.1, -0.05) is 0 Å². The molecule has 2 aliphatic rings. The Morgan fingerprint density at radius 1 is 1.09 bits per heavy atom. The predicted octanol–water partition coefficient (Wildman–Crippen LogP) is 2.32. The second-order valence-electron chi connectivity index (χ2n) is 7.84. The second-order valence-corrected chi connectivity index (χ2v) is 7.84. The maximum atomic E-state index is 13.7. The third-order valence-electron chi connectivity index (χ3n) is 5.75. The Labute approximate surface area is 182 Å². The molecule has 0 atom stereocenters. The highest BCUT2D eigenvalue weighted by molar-refractivity contribution is 5.90. The van der Waals surface area contributed by atoms with Crippen LogP contribution in [-0.2, 0) is 20.7 Å². The van der Waals surface area contributed by atoms with Gasteiger partial charge in [-0.3, -0.25) is 4.79 Å². The van der Waals surface area contributed by atoms with Crippen molar-refractivity contribution in [1.29, 1.82) is 0 Å². The first kappa shape index (κ1) is 20.7. The minimum atomic E-state index is -0.698. The summed E-state index contributed by atoms with van der Waals surface area (Å²) in [6, 6.07) is 6.62. The Morgan fingerprint density at radius 2 is 1.88 bits per heavy atom. The van der Waals surface area contributed by atoms with Crippen LogP contribution in [0.2, 0.25) is 0 Å². The van der Waals surface area contributed by atoms with Gasteiger partial charge in [0.1, 0.15) is 17.5 Å². The van der Waals surface area contributed by atoms with Crippen LogP contribution in [-0.4, -0.2) is 57.8 Å². The Balaban J connectivity index is 1.25. The normalized spacial score (nSPS) is 17.9. The van der Waals surface area contributed by atoms with Gasteiger partial charge >= 0.3 is 0 Å². The largest absolute Gasteiger partial charge is 0.355 e. The van der Waals surface area contributed by atoms with E-state index in [0.29, 0.717) is 24.7 Å². The lowest BCUT2D eigenvalue weighted by atomic mass is 10.0. The molecule has 4 heterocycles. The third-order valence-corrected chi connectivity index (χ3v) is 5.75. The van der Waals surface area contributed by atoms with E-state index >= 15 is 0 Å². The number of aryl methyl sites for hydroxylation is 1. The van der Waals surface area contributed by atoms with E-state index in [1.807, 2.05) is 12.1 Å². The number of anilines is 2. The van der Waals surface area contributed by atoms with Gasteiger partial charge in [-0.05, 0) is 24.3 Å². The zero-order valence-electron chi connectivity index (χ0n) is 17.3. The number of carbonyl (C=O) groups is 1. The number of benzene rings is 1.